The van der Waals surface area contributed by atoms with Gasteiger partial charge in [-0.1, -0.05) is 28.5 Å². The van der Waals surface area contributed by atoms with Gasteiger partial charge in [0, 0.05) is 24.7 Å². The fraction of sp³-hybridized carbons (Fsp3) is 0.278. The van der Waals surface area contributed by atoms with E-state index >= 15 is 0 Å². The van der Waals surface area contributed by atoms with Gasteiger partial charge in [-0.25, -0.2) is 0 Å². The van der Waals surface area contributed by atoms with Crippen LogP contribution in [0.5, 0.6) is 0 Å². The van der Waals surface area contributed by atoms with E-state index in [1.54, 1.807) is 24.3 Å². The SMILES string of the molecule is O=C1Nc2ccccc2CC12CCN2[S+](=O)([O-])c1cccc(C(F)(F)F)c1. The number of anilines is 1. The number of carbonyl (C=O) groups is 1. The van der Waals surface area contributed by atoms with Crippen LogP contribution in [0.25, 0.3) is 0 Å². The van der Waals surface area contributed by atoms with E-state index in [0.717, 1.165) is 28.1 Å². The summed E-state index contributed by atoms with van der Waals surface area (Å²) in [6.45, 7) is 0.0775. The third kappa shape index (κ3) is 2.77. The van der Waals surface area contributed by atoms with Crippen molar-refractivity contribution in [3.63, 3.8) is 0 Å². The zero-order valence-electron chi connectivity index (χ0n) is 14.0. The molecule has 9 heteroatoms. The molecule has 0 bridgehead atoms. The number of nitrogens with zero attached hydrogens (tertiary/aromatic N) is 1. The zero-order chi connectivity index (χ0) is 19.4. The molecule has 1 N–H and O–H groups in total. The average molecular weight is 396 g/mol. The van der Waals surface area contributed by atoms with Crippen molar-refractivity contribution in [3.05, 3.63) is 59.7 Å². The number of carbonyl (C=O) groups excluding carboxylic acids is 1. The minimum absolute atomic E-state index is 0.0775. The van der Waals surface area contributed by atoms with Gasteiger partial charge in [-0.05, 0) is 30.2 Å². The number of sulfonamides is 1. The number of rotatable bonds is 2. The molecule has 2 aromatic carbocycles. The number of hydrogen-bond donors (Lipinski definition) is 1. The largest absolute Gasteiger partial charge is 0.593 e. The van der Waals surface area contributed by atoms with E-state index in [4.69, 9.17) is 0 Å². The average Bonchev–Trinajstić information content (AvgIpc) is 2.59. The van der Waals surface area contributed by atoms with Gasteiger partial charge in [0.25, 0.3) is 0 Å². The van der Waals surface area contributed by atoms with Gasteiger partial charge in [0.2, 0.25) is 5.91 Å². The Morgan fingerprint density at radius 3 is 2.56 bits per heavy atom. The first kappa shape index (κ1) is 18.1. The van der Waals surface area contributed by atoms with Crippen LogP contribution in [0.3, 0.4) is 0 Å². The normalized spacial score (nSPS) is 24.7. The highest BCUT2D eigenvalue weighted by Crippen LogP contribution is 2.45. The summed E-state index contributed by atoms with van der Waals surface area (Å²) in [4.78, 5) is 12.2. The van der Waals surface area contributed by atoms with Gasteiger partial charge in [0.05, 0.1) is 5.56 Å². The lowest BCUT2D eigenvalue weighted by molar-refractivity contribution is -0.137. The number of nitrogens with one attached hydrogen (secondary N) is 1. The number of para-hydroxylation sites is 1. The third-order valence-electron chi connectivity index (χ3n) is 5.13. The van der Waals surface area contributed by atoms with E-state index < -0.39 is 38.5 Å². The van der Waals surface area contributed by atoms with Crippen molar-refractivity contribution in [1.82, 2.24) is 4.31 Å². The molecule has 0 radical (unpaired) electrons. The maximum Gasteiger partial charge on any atom is 0.416 e. The second-order valence-corrected chi connectivity index (χ2v) is 8.53. The molecular weight excluding hydrogens is 381 g/mol. The molecule has 2 unspecified atom stereocenters. The van der Waals surface area contributed by atoms with Crippen molar-refractivity contribution in [2.24, 2.45) is 0 Å². The lowest BCUT2D eigenvalue weighted by Crippen LogP contribution is -2.71. The van der Waals surface area contributed by atoms with E-state index in [9.17, 15) is 26.7 Å². The summed E-state index contributed by atoms with van der Waals surface area (Å²) in [6, 6.07) is 10.7. The summed E-state index contributed by atoms with van der Waals surface area (Å²) < 4.78 is 65.9. The van der Waals surface area contributed by atoms with Crippen LogP contribution in [0, 0.1) is 0 Å². The zero-order valence-corrected chi connectivity index (χ0v) is 14.8. The highest BCUT2D eigenvalue weighted by Gasteiger charge is 2.61. The Labute approximate surface area is 154 Å². The van der Waals surface area contributed by atoms with Gasteiger partial charge in [0.15, 0.2) is 20.8 Å². The number of fused-ring (bicyclic) bond motifs is 1. The standard InChI is InChI=1S/C18H15F3N2O3S/c19-18(20,21)13-5-3-6-14(10-13)27(25,26)23-9-8-17(23)11-12-4-1-2-7-15(12)22-16(17)24/h1-7,10H,8-9,11H2,(H-,22,24,25,26). The molecule has 2 atom stereocenters. The summed E-state index contributed by atoms with van der Waals surface area (Å²) in [6.07, 6.45) is -4.15. The minimum Gasteiger partial charge on any atom is -0.593 e. The molecule has 0 aromatic heterocycles. The lowest BCUT2D eigenvalue weighted by atomic mass is 9.78. The number of hydrogen-bond acceptors (Lipinski definition) is 3. The Bertz CT molecular complexity index is 978. The molecule has 5 nitrogen and oxygen atoms in total. The van der Waals surface area contributed by atoms with E-state index in [1.807, 2.05) is 0 Å². The molecule has 1 fully saturated rings. The molecular formula is C18H15F3N2O3S. The Hall–Kier alpha value is -2.23. The number of benzene rings is 2. The van der Waals surface area contributed by atoms with Gasteiger partial charge in [-0.3, -0.25) is 4.79 Å². The number of halogens is 3. The third-order valence-corrected chi connectivity index (χ3v) is 7.09. The molecule has 1 spiro atoms. The predicted molar refractivity (Wildman–Crippen MR) is 91.4 cm³/mol. The molecule has 2 aromatic rings. The van der Waals surface area contributed by atoms with Crippen LogP contribution in [0.4, 0.5) is 18.9 Å². The van der Waals surface area contributed by atoms with E-state index in [2.05, 4.69) is 5.32 Å². The highest BCUT2D eigenvalue weighted by atomic mass is 32.3. The number of amides is 1. The minimum atomic E-state index is -4.65. The Kier molecular flexibility index (Phi) is 3.95. The van der Waals surface area contributed by atoms with Gasteiger partial charge in [-0.2, -0.15) is 13.2 Å². The Balaban J connectivity index is 1.72. The van der Waals surface area contributed by atoms with Gasteiger partial charge in [-0.15, -0.1) is 4.31 Å². The lowest BCUT2D eigenvalue weighted by Gasteiger charge is -2.51. The summed E-state index contributed by atoms with van der Waals surface area (Å²) in [5, 5.41) is 2.72. The smallest absolute Gasteiger partial charge is 0.416 e. The summed E-state index contributed by atoms with van der Waals surface area (Å²) in [5.41, 5.74) is -0.935. The molecule has 2 aliphatic rings. The topological polar surface area (TPSA) is 72.5 Å². The van der Waals surface area contributed by atoms with Crippen molar-refractivity contribution in [1.29, 1.82) is 0 Å². The van der Waals surface area contributed by atoms with Crippen molar-refractivity contribution in [2.45, 2.75) is 29.5 Å². The summed E-state index contributed by atoms with van der Waals surface area (Å²) in [7, 11) is -4.26. The van der Waals surface area contributed by atoms with Crippen LogP contribution >= 0.6 is 0 Å². The van der Waals surface area contributed by atoms with Crippen LogP contribution in [-0.4, -0.2) is 26.8 Å². The quantitative estimate of drug-likeness (QED) is 0.792. The molecule has 2 heterocycles. The summed E-state index contributed by atoms with van der Waals surface area (Å²) >= 11 is 0. The maximum atomic E-state index is 13.0. The second-order valence-electron chi connectivity index (χ2n) is 6.67. The molecule has 142 valence electrons. The molecule has 1 saturated heterocycles. The van der Waals surface area contributed by atoms with E-state index in [0.29, 0.717) is 18.2 Å². The molecule has 0 aliphatic carbocycles. The van der Waals surface area contributed by atoms with Crippen LogP contribution in [0.1, 0.15) is 17.5 Å². The maximum absolute atomic E-state index is 13.0. The van der Waals surface area contributed by atoms with Crippen molar-refractivity contribution >= 4 is 22.0 Å². The predicted octanol–water partition coefficient (Wildman–Crippen LogP) is 3.25. The second kappa shape index (κ2) is 5.88. The molecule has 2 aliphatic heterocycles. The Morgan fingerprint density at radius 2 is 1.89 bits per heavy atom. The monoisotopic (exact) mass is 396 g/mol. The van der Waals surface area contributed by atoms with Crippen LogP contribution in [-0.2, 0) is 32.0 Å². The van der Waals surface area contributed by atoms with Crippen molar-refractivity contribution in [2.75, 3.05) is 11.9 Å². The van der Waals surface area contributed by atoms with Crippen molar-refractivity contribution < 1.29 is 26.7 Å². The van der Waals surface area contributed by atoms with E-state index in [-0.39, 0.29) is 13.0 Å². The van der Waals surface area contributed by atoms with Crippen LogP contribution in [0.15, 0.2) is 53.4 Å². The molecule has 0 saturated carbocycles. The molecule has 1 amide bonds. The van der Waals surface area contributed by atoms with Gasteiger partial charge >= 0.3 is 6.18 Å². The highest BCUT2D eigenvalue weighted by molar-refractivity contribution is 7.95. The fourth-order valence-electron chi connectivity index (χ4n) is 3.62. The fourth-order valence-corrected chi connectivity index (χ4v) is 5.43. The first-order valence-corrected chi connectivity index (χ1v) is 9.68. The van der Waals surface area contributed by atoms with Crippen molar-refractivity contribution in [3.8, 4) is 0 Å². The van der Waals surface area contributed by atoms with Gasteiger partial charge < -0.3 is 9.87 Å². The first-order valence-electron chi connectivity index (χ1n) is 8.24. The van der Waals surface area contributed by atoms with Gasteiger partial charge in [0.1, 0.15) is 0 Å². The van der Waals surface area contributed by atoms with Crippen LogP contribution < -0.4 is 5.32 Å². The molecule has 27 heavy (non-hydrogen) atoms. The number of alkyl halides is 3. The summed E-state index contributed by atoms with van der Waals surface area (Å²) in [5.74, 6) is -0.456. The molecule has 4 rings (SSSR count). The first-order chi connectivity index (χ1) is 12.6. The van der Waals surface area contributed by atoms with E-state index in [1.165, 1.54) is 0 Å². The van der Waals surface area contributed by atoms with Crippen LogP contribution in [0.2, 0.25) is 0 Å². The Morgan fingerprint density at radius 1 is 1.15 bits per heavy atom.